The van der Waals surface area contributed by atoms with Crippen molar-refractivity contribution < 1.29 is 4.74 Å². The molecule has 102 valence electrons. The van der Waals surface area contributed by atoms with Gasteiger partial charge in [0.25, 0.3) is 0 Å². The number of morpholine rings is 1. The summed E-state index contributed by atoms with van der Waals surface area (Å²) in [5, 5.41) is 3.58. The Labute approximate surface area is 114 Å². The highest BCUT2D eigenvalue weighted by molar-refractivity contribution is 5.64. The number of benzene rings is 1. The molecule has 3 nitrogen and oxygen atoms in total. The fourth-order valence-electron chi connectivity index (χ4n) is 3.81. The van der Waals surface area contributed by atoms with E-state index in [-0.39, 0.29) is 0 Å². The van der Waals surface area contributed by atoms with E-state index in [1.807, 2.05) is 0 Å². The van der Waals surface area contributed by atoms with Crippen molar-refractivity contribution in [2.45, 2.75) is 31.7 Å². The Kier molecular flexibility index (Phi) is 2.97. The van der Waals surface area contributed by atoms with Crippen LogP contribution in [0.3, 0.4) is 0 Å². The molecule has 1 aromatic rings. The molecular formula is C16H22N2O. The first-order valence-corrected chi connectivity index (χ1v) is 7.63. The fourth-order valence-corrected chi connectivity index (χ4v) is 3.81. The molecule has 1 N–H and O–H groups in total. The molecule has 19 heavy (non-hydrogen) atoms. The zero-order valence-electron chi connectivity index (χ0n) is 11.5. The zero-order valence-corrected chi connectivity index (χ0v) is 11.5. The Morgan fingerprint density at radius 1 is 1.11 bits per heavy atom. The topological polar surface area (TPSA) is 24.5 Å². The number of hydrogen-bond acceptors (Lipinski definition) is 3. The van der Waals surface area contributed by atoms with Gasteiger partial charge >= 0.3 is 0 Å². The Bertz CT molecular complexity index is 449. The largest absolute Gasteiger partial charge is 0.378 e. The smallest absolute Gasteiger partial charge is 0.0662 e. The summed E-state index contributed by atoms with van der Waals surface area (Å²) in [4.78, 5) is 2.60. The lowest BCUT2D eigenvalue weighted by atomic mass is 9.88. The Hall–Kier alpha value is -1.06. The predicted molar refractivity (Wildman–Crippen MR) is 76.9 cm³/mol. The minimum atomic E-state index is 0.396. The van der Waals surface area contributed by atoms with Gasteiger partial charge in [-0.05, 0) is 42.4 Å². The van der Waals surface area contributed by atoms with Crippen molar-refractivity contribution in [1.29, 1.82) is 0 Å². The van der Waals surface area contributed by atoms with Crippen LogP contribution < -0.4 is 10.2 Å². The molecule has 3 aliphatic rings. The molecule has 3 aliphatic heterocycles. The number of ether oxygens (including phenoxy) is 1. The molecule has 0 aliphatic carbocycles. The zero-order chi connectivity index (χ0) is 12.7. The highest BCUT2D eigenvalue weighted by Crippen LogP contribution is 2.37. The molecule has 0 amide bonds. The summed E-state index contributed by atoms with van der Waals surface area (Å²) in [5.74, 6) is 0. The van der Waals surface area contributed by atoms with Gasteiger partial charge in [0, 0.05) is 25.3 Å². The number of nitrogens with one attached hydrogen (secondary N) is 1. The van der Waals surface area contributed by atoms with Crippen LogP contribution in [0.1, 0.15) is 35.6 Å². The van der Waals surface area contributed by atoms with E-state index in [9.17, 15) is 0 Å². The molecule has 1 atom stereocenters. The van der Waals surface area contributed by atoms with Gasteiger partial charge in [0.1, 0.15) is 0 Å². The minimum absolute atomic E-state index is 0.396. The highest BCUT2D eigenvalue weighted by Gasteiger charge is 2.26. The lowest BCUT2D eigenvalue weighted by molar-refractivity contribution is 0.0768. The van der Waals surface area contributed by atoms with Gasteiger partial charge < -0.3 is 15.0 Å². The number of hydrogen-bond donors (Lipinski definition) is 1. The normalized spacial score (nSPS) is 26.1. The average Bonchev–Trinajstić information content (AvgIpc) is 2.49. The van der Waals surface area contributed by atoms with Gasteiger partial charge in [0.15, 0.2) is 0 Å². The first kappa shape index (κ1) is 11.7. The van der Waals surface area contributed by atoms with Crippen LogP contribution in [0.2, 0.25) is 0 Å². The van der Waals surface area contributed by atoms with E-state index in [1.54, 1.807) is 16.8 Å². The van der Waals surface area contributed by atoms with Crippen LogP contribution in [-0.2, 0) is 17.6 Å². The molecule has 1 unspecified atom stereocenters. The quantitative estimate of drug-likeness (QED) is 0.834. The maximum Gasteiger partial charge on any atom is 0.0662 e. The van der Waals surface area contributed by atoms with Gasteiger partial charge in [-0.15, -0.1) is 0 Å². The van der Waals surface area contributed by atoms with Gasteiger partial charge in [-0.2, -0.15) is 0 Å². The molecule has 0 aromatic heterocycles. The van der Waals surface area contributed by atoms with E-state index in [2.05, 4.69) is 22.3 Å². The van der Waals surface area contributed by atoms with Crippen LogP contribution in [-0.4, -0.2) is 32.8 Å². The van der Waals surface area contributed by atoms with Crippen molar-refractivity contribution in [3.05, 3.63) is 28.8 Å². The summed E-state index contributed by atoms with van der Waals surface area (Å²) >= 11 is 0. The molecule has 0 radical (unpaired) electrons. The maximum absolute atomic E-state index is 5.62. The molecular weight excluding hydrogens is 236 g/mol. The first-order valence-electron chi connectivity index (χ1n) is 7.63. The van der Waals surface area contributed by atoms with Crippen molar-refractivity contribution in [3.63, 3.8) is 0 Å². The van der Waals surface area contributed by atoms with Gasteiger partial charge in [0.2, 0.25) is 0 Å². The SMILES string of the molecule is c1c(C2COCCN2)cc2c3c1CCCN3CCC2. The van der Waals surface area contributed by atoms with Crippen molar-refractivity contribution in [2.24, 2.45) is 0 Å². The van der Waals surface area contributed by atoms with Gasteiger partial charge in [-0.3, -0.25) is 0 Å². The van der Waals surface area contributed by atoms with Crippen molar-refractivity contribution in [2.75, 3.05) is 37.7 Å². The summed E-state index contributed by atoms with van der Waals surface area (Å²) in [7, 11) is 0. The lowest BCUT2D eigenvalue weighted by Gasteiger charge is -2.38. The molecule has 0 saturated carbocycles. The summed E-state index contributed by atoms with van der Waals surface area (Å²) in [6.07, 6.45) is 5.12. The van der Waals surface area contributed by atoms with Crippen molar-refractivity contribution in [3.8, 4) is 0 Å². The first-order chi connectivity index (χ1) is 9.42. The monoisotopic (exact) mass is 258 g/mol. The van der Waals surface area contributed by atoms with E-state index < -0.39 is 0 Å². The van der Waals surface area contributed by atoms with Crippen molar-refractivity contribution >= 4 is 5.69 Å². The van der Waals surface area contributed by atoms with E-state index in [4.69, 9.17) is 4.74 Å². The third-order valence-electron chi connectivity index (χ3n) is 4.68. The second-order valence-corrected chi connectivity index (χ2v) is 5.96. The number of anilines is 1. The van der Waals surface area contributed by atoms with Crippen molar-refractivity contribution in [1.82, 2.24) is 5.32 Å². The van der Waals surface area contributed by atoms with Gasteiger partial charge in [-0.1, -0.05) is 12.1 Å². The second kappa shape index (κ2) is 4.80. The van der Waals surface area contributed by atoms with E-state index >= 15 is 0 Å². The lowest BCUT2D eigenvalue weighted by Crippen LogP contribution is -2.36. The third kappa shape index (κ3) is 2.05. The maximum atomic E-state index is 5.62. The Morgan fingerprint density at radius 2 is 1.84 bits per heavy atom. The Morgan fingerprint density at radius 3 is 2.47 bits per heavy atom. The van der Waals surface area contributed by atoms with Crippen LogP contribution >= 0.6 is 0 Å². The Balaban J connectivity index is 1.74. The molecule has 1 saturated heterocycles. The fraction of sp³-hybridized carbons (Fsp3) is 0.625. The van der Waals surface area contributed by atoms with Gasteiger partial charge in [0.05, 0.1) is 19.3 Å². The summed E-state index contributed by atoms with van der Waals surface area (Å²) in [6.45, 7) is 5.15. The molecule has 1 aromatic carbocycles. The van der Waals surface area contributed by atoms with E-state index in [0.717, 1.165) is 19.8 Å². The average molecular weight is 258 g/mol. The van der Waals surface area contributed by atoms with Crippen LogP contribution in [0.15, 0.2) is 12.1 Å². The standard InChI is InChI=1S/C16H22N2O/c1-3-12-9-14(15-11-19-8-5-17-15)10-13-4-2-7-18(6-1)16(12)13/h9-10,15,17H,1-8,11H2. The summed E-state index contributed by atoms with van der Waals surface area (Å²) in [5.41, 5.74) is 6.16. The van der Waals surface area contributed by atoms with E-state index in [0.29, 0.717) is 6.04 Å². The summed E-state index contributed by atoms with van der Waals surface area (Å²) < 4.78 is 5.62. The minimum Gasteiger partial charge on any atom is -0.378 e. The van der Waals surface area contributed by atoms with Crippen LogP contribution in [0, 0.1) is 0 Å². The highest BCUT2D eigenvalue weighted by atomic mass is 16.5. The number of aryl methyl sites for hydroxylation is 2. The predicted octanol–water partition coefficient (Wildman–Crippen LogP) is 2.05. The molecule has 0 spiro atoms. The molecule has 4 rings (SSSR count). The van der Waals surface area contributed by atoms with Crippen LogP contribution in [0.25, 0.3) is 0 Å². The van der Waals surface area contributed by atoms with E-state index in [1.165, 1.54) is 44.3 Å². The molecule has 0 bridgehead atoms. The molecule has 3 heterocycles. The number of rotatable bonds is 1. The number of nitrogens with zero attached hydrogens (tertiary/aromatic N) is 1. The third-order valence-corrected chi connectivity index (χ3v) is 4.68. The van der Waals surface area contributed by atoms with Gasteiger partial charge in [-0.25, -0.2) is 0 Å². The summed E-state index contributed by atoms with van der Waals surface area (Å²) in [6, 6.07) is 5.26. The second-order valence-electron chi connectivity index (χ2n) is 5.96. The van der Waals surface area contributed by atoms with Crippen LogP contribution in [0.5, 0.6) is 0 Å². The van der Waals surface area contributed by atoms with Crippen LogP contribution in [0.4, 0.5) is 5.69 Å². The molecule has 3 heteroatoms. The molecule has 1 fully saturated rings.